The second kappa shape index (κ2) is 10.5. The number of benzene rings is 2. The maximum Gasteiger partial charge on any atom is 0.319 e. The molecule has 2 aliphatic rings. The molecule has 2 aromatic rings. The van der Waals surface area contributed by atoms with Gasteiger partial charge in [0, 0.05) is 37.9 Å². The van der Waals surface area contributed by atoms with Crippen molar-refractivity contribution in [3.63, 3.8) is 0 Å². The van der Waals surface area contributed by atoms with Crippen LogP contribution in [0.4, 0.5) is 16.2 Å². The van der Waals surface area contributed by atoms with Crippen LogP contribution in [0.25, 0.3) is 5.57 Å². The standard InChI is InChI=1S/C27H34N4O4/c1-19(2)20-6-5-7-21(16-20)27(3,4)29-26(33)28-22-8-9-23-24(17-22)35-18-25(32)31(23)11-10-30-12-14-34-15-13-30/h5-9,16-17H,1,10-15,18H2,2-4H3,(H2,28,29,33). The zero-order valence-electron chi connectivity index (χ0n) is 20.7. The molecule has 3 amide bonds. The summed E-state index contributed by atoms with van der Waals surface area (Å²) in [6, 6.07) is 13.0. The minimum absolute atomic E-state index is 0.0160. The summed E-state index contributed by atoms with van der Waals surface area (Å²) in [5.41, 5.74) is 3.71. The van der Waals surface area contributed by atoms with E-state index in [1.807, 2.05) is 51.1 Å². The molecule has 2 aromatic carbocycles. The van der Waals surface area contributed by atoms with Gasteiger partial charge in [0.25, 0.3) is 5.91 Å². The van der Waals surface area contributed by atoms with Crippen molar-refractivity contribution in [1.29, 1.82) is 0 Å². The van der Waals surface area contributed by atoms with Crippen molar-refractivity contribution < 1.29 is 19.1 Å². The topological polar surface area (TPSA) is 83.1 Å². The summed E-state index contributed by atoms with van der Waals surface area (Å²) >= 11 is 0. The molecule has 2 aliphatic heterocycles. The van der Waals surface area contributed by atoms with Crippen LogP contribution in [0.1, 0.15) is 31.9 Å². The second-order valence-electron chi connectivity index (χ2n) is 9.54. The molecule has 0 aliphatic carbocycles. The smallest absolute Gasteiger partial charge is 0.319 e. The molecule has 1 saturated heterocycles. The number of anilines is 2. The van der Waals surface area contributed by atoms with Gasteiger partial charge in [-0.25, -0.2) is 4.79 Å². The summed E-state index contributed by atoms with van der Waals surface area (Å²) in [5.74, 6) is 0.515. The highest BCUT2D eigenvalue weighted by Crippen LogP contribution is 2.34. The molecule has 0 spiro atoms. The normalized spacial score (nSPS) is 16.3. The number of nitrogens with one attached hydrogen (secondary N) is 2. The molecule has 0 atom stereocenters. The van der Waals surface area contributed by atoms with Gasteiger partial charge in [-0.3, -0.25) is 9.69 Å². The number of allylic oxidation sites excluding steroid dienone is 1. The van der Waals surface area contributed by atoms with Gasteiger partial charge in [0.15, 0.2) is 6.61 Å². The number of rotatable bonds is 7. The molecule has 0 radical (unpaired) electrons. The maximum atomic E-state index is 12.8. The number of ether oxygens (including phenoxy) is 2. The fraction of sp³-hybridized carbons (Fsp3) is 0.407. The molecule has 4 rings (SSSR count). The Labute approximate surface area is 206 Å². The average molecular weight is 479 g/mol. The predicted molar refractivity (Wildman–Crippen MR) is 138 cm³/mol. The van der Waals surface area contributed by atoms with Crippen LogP contribution in [-0.2, 0) is 15.1 Å². The van der Waals surface area contributed by atoms with Gasteiger partial charge in [-0.15, -0.1) is 0 Å². The zero-order valence-corrected chi connectivity index (χ0v) is 20.7. The lowest BCUT2D eigenvalue weighted by atomic mass is 9.92. The third-order valence-electron chi connectivity index (χ3n) is 6.41. The first-order chi connectivity index (χ1) is 16.7. The van der Waals surface area contributed by atoms with E-state index in [0.717, 1.165) is 55.2 Å². The molecule has 186 valence electrons. The Bertz CT molecular complexity index is 1110. The van der Waals surface area contributed by atoms with Crippen LogP contribution < -0.4 is 20.3 Å². The van der Waals surface area contributed by atoms with Crippen LogP contribution in [0, 0.1) is 0 Å². The Morgan fingerprint density at radius 1 is 1.11 bits per heavy atom. The fourth-order valence-electron chi connectivity index (χ4n) is 4.29. The third-order valence-corrected chi connectivity index (χ3v) is 6.41. The molecule has 1 fully saturated rings. The van der Waals surface area contributed by atoms with Crippen LogP contribution >= 0.6 is 0 Å². The van der Waals surface area contributed by atoms with Gasteiger partial charge in [0.1, 0.15) is 5.75 Å². The van der Waals surface area contributed by atoms with Crippen molar-refractivity contribution in [2.24, 2.45) is 0 Å². The molecule has 8 heteroatoms. The van der Waals surface area contributed by atoms with E-state index in [-0.39, 0.29) is 18.5 Å². The first-order valence-electron chi connectivity index (χ1n) is 12.0. The van der Waals surface area contributed by atoms with E-state index < -0.39 is 5.54 Å². The van der Waals surface area contributed by atoms with Crippen molar-refractivity contribution >= 4 is 28.9 Å². The minimum atomic E-state index is -0.594. The highest BCUT2D eigenvalue weighted by Gasteiger charge is 2.27. The van der Waals surface area contributed by atoms with Crippen molar-refractivity contribution in [1.82, 2.24) is 10.2 Å². The summed E-state index contributed by atoms with van der Waals surface area (Å²) < 4.78 is 11.1. The van der Waals surface area contributed by atoms with Crippen LogP contribution in [-0.4, -0.2) is 62.8 Å². The zero-order chi connectivity index (χ0) is 25.0. The Morgan fingerprint density at radius 2 is 1.89 bits per heavy atom. The van der Waals surface area contributed by atoms with Gasteiger partial charge >= 0.3 is 6.03 Å². The first kappa shape index (κ1) is 24.8. The monoisotopic (exact) mass is 478 g/mol. The Kier molecular flexibility index (Phi) is 7.42. The van der Waals surface area contributed by atoms with Gasteiger partial charge in [0.05, 0.1) is 24.4 Å². The maximum absolute atomic E-state index is 12.8. The highest BCUT2D eigenvalue weighted by molar-refractivity contribution is 5.99. The Hall–Kier alpha value is -3.36. The molecule has 8 nitrogen and oxygen atoms in total. The van der Waals surface area contributed by atoms with E-state index in [9.17, 15) is 9.59 Å². The largest absolute Gasteiger partial charge is 0.481 e. The number of amides is 3. The van der Waals surface area contributed by atoms with Crippen molar-refractivity contribution in [2.75, 3.05) is 56.2 Å². The van der Waals surface area contributed by atoms with Crippen molar-refractivity contribution in [3.8, 4) is 5.75 Å². The first-order valence-corrected chi connectivity index (χ1v) is 12.0. The van der Waals surface area contributed by atoms with Crippen LogP contribution in [0.3, 0.4) is 0 Å². The molecule has 0 unspecified atom stereocenters. The molecule has 0 bridgehead atoms. The fourth-order valence-corrected chi connectivity index (χ4v) is 4.29. The lowest BCUT2D eigenvalue weighted by Gasteiger charge is -2.33. The number of hydrogen-bond donors (Lipinski definition) is 2. The molecular weight excluding hydrogens is 444 g/mol. The van der Waals surface area contributed by atoms with Crippen LogP contribution in [0.5, 0.6) is 5.75 Å². The highest BCUT2D eigenvalue weighted by atomic mass is 16.5. The minimum Gasteiger partial charge on any atom is -0.481 e. The number of hydrogen-bond acceptors (Lipinski definition) is 5. The van der Waals surface area contributed by atoms with Gasteiger partial charge in [-0.1, -0.05) is 30.4 Å². The van der Waals surface area contributed by atoms with E-state index in [1.54, 1.807) is 17.0 Å². The third kappa shape index (κ3) is 6.01. The van der Waals surface area contributed by atoms with Crippen LogP contribution in [0.2, 0.25) is 0 Å². The van der Waals surface area contributed by atoms with E-state index in [2.05, 4.69) is 22.1 Å². The van der Waals surface area contributed by atoms with Crippen molar-refractivity contribution in [3.05, 3.63) is 60.2 Å². The summed E-state index contributed by atoms with van der Waals surface area (Å²) in [6.07, 6.45) is 0. The van der Waals surface area contributed by atoms with E-state index in [1.165, 1.54) is 0 Å². The average Bonchev–Trinajstić information content (AvgIpc) is 2.84. The van der Waals surface area contributed by atoms with E-state index in [0.29, 0.717) is 18.0 Å². The van der Waals surface area contributed by atoms with Crippen molar-refractivity contribution in [2.45, 2.75) is 26.3 Å². The lowest BCUT2D eigenvalue weighted by molar-refractivity contribution is -0.121. The summed E-state index contributed by atoms with van der Waals surface area (Å²) in [5, 5.41) is 5.93. The van der Waals surface area contributed by atoms with E-state index >= 15 is 0 Å². The number of urea groups is 1. The molecule has 2 heterocycles. The van der Waals surface area contributed by atoms with Gasteiger partial charge in [-0.05, 0) is 50.1 Å². The summed E-state index contributed by atoms with van der Waals surface area (Å²) in [7, 11) is 0. The number of morpholine rings is 1. The predicted octanol–water partition coefficient (Wildman–Crippen LogP) is 3.83. The lowest BCUT2D eigenvalue weighted by Crippen LogP contribution is -2.46. The molecule has 0 aromatic heterocycles. The summed E-state index contributed by atoms with van der Waals surface area (Å²) in [6.45, 7) is 14.4. The molecule has 2 N–H and O–H groups in total. The van der Waals surface area contributed by atoms with Gasteiger partial charge in [-0.2, -0.15) is 0 Å². The van der Waals surface area contributed by atoms with Crippen LogP contribution in [0.15, 0.2) is 49.0 Å². The van der Waals surface area contributed by atoms with Gasteiger partial charge < -0.3 is 25.0 Å². The molecule has 0 saturated carbocycles. The van der Waals surface area contributed by atoms with Gasteiger partial charge in [0.2, 0.25) is 0 Å². The number of carbonyl (C=O) groups excluding carboxylic acids is 2. The summed E-state index contributed by atoms with van der Waals surface area (Å²) in [4.78, 5) is 29.4. The van der Waals surface area contributed by atoms with E-state index in [4.69, 9.17) is 9.47 Å². The SMILES string of the molecule is C=C(C)c1cccc(C(C)(C)NC(=O)Nc2ccc3c(c2)OCC(=O)N3CCN2CCOCC2)c1. The number of carbonyl (C=O) groups is 2. The molecule has 35 heavy (non-hydrogen) atoms. The quantitative estimate of drug-likeness (QED) is 0.632. The molecular formula is C27H34N4O4. The number of nitrogens with zero attached hydrogens (tertiary/aromatic N) is 2. The number of fused-ring (bicyclic) bond motifs is 1. The Morgan fingerprint density at radius 3 is 2.63 bits per heavy atom. The second-order valence-corrected chi connectivity index (χ2v) is 9.54. The Balaban J connectivity index is 1.41.